The molecule has 1 aliphatic heterocycles. The molecular weight excluding hydrogens is 567 g/mol. The second-order valence-electron chi connectivity index (χ2n) is 12.9. The minimum atomic E-state index is -1.47. The van der Waals surface area contributed by atoms with Crippen LogP contribution in [0.1, 0.15) is 56.7 Å². The lowest BCUT2D eigenvalue weighted by Crippen LogP contribution is -2.53. The Labute approximate surface area is 254 Å². The number of rotatable bonds is 7. The fourth-order valence-electron chi connectivity index (χ4n) is 6.26. The van der Waals surface area contributed by atoms with Crippen molar-refractivity contribution < 1.29 is 33.0 Å². The Morgan fingerprint density at radius 2 is 1.84 bits per heavy atom. The van der Waals surface area contributed by atoms with Gasteiger partial charge in [-0.15, -0.1) is 0 Å². The summed E-state index contributed by atoms with van der Waals surface area (Å²) >= 11 is 0. The van der Waals surface area contributed by atoms with Crippen molar-refractivity contribution in [1.29, 1.82) is 0 Å². The molecule has 1 aromatic heterocycles. The normalized spacial score (nSPS) is 22.5. The van der Waals surface area contributed by atoms with Crippen molar-refractivity contribution in [2.75, 3.05) is 6.54 Å². The van der Waals surface area contributed by atoms with Gasteiger partial charge in [-0.1, -0.05) is 30.3 Å². The van der Waals surface area contributed by atoms with E-state index in [0.29, 0.717) is 30.4 Å². The van der Waals surface area contributed by atoms with Crippen molar-refractivity contribution in [3.63, 3.8) is 0 Å². The average molecular weight is 603 g/mol. The van der Waals surface area contributed by atoms with Gasteiger partial charge in [0.25, 0.3) is 5.91 Å². The van der Waals surface area contributed by atoms with E-state index < -0.39 is 41.5 Å². The van der Waals surface area contributed by atoms with Gasteiger partial charge in [0.2, 0.25) is 11.5 Å². The number of hydrogen-bond donors (Lipinski definition) is 0. The zero-order valence-electron chi connectivity index (χ0n) is 25.2. The van der Waals surface area contributed by atoms with Crippen LogP contribution in [-0.4, -0.2) is 61.6 Å². The van der Waals surface area contributed by atoms with Crippen molar-refractivity contribution in [3.8, 4) is 11.1 Å². The maximum Gasteiger partial charge on any atom is 0.418 e. The SMILES string of the molecule is Cn1cc(-c2ccc3c(c2)CC[C@@]32OC(=O)N(CC(=O)N(Cc3ccc(F)cc3)C3CC(C(=O)OC(C)(C)C)C3)C2=O)cn1. The minimum absolute atomic E-state index is 0.132. The molecule has 1 spiro atoms. The first-order chi connectivity index (χ1) is 20.8. The number of nitrogens with zero attached hydrogens (tertiary/aromatic N) is 4. The lowest BCUT2D eigenvalue weighted by Gasteiger charge is -2.42. The largest absolute Gasteiger partial charge is 0.460 e. The summed E-state index contributed by atoms with van der Waals surface area (Å²) in [5.41, 5.74) is 1.99. The number of ether oxygens (including phenoxy) is 2. The fraction of sp³-hybridized carbons (Fsp3) is 0.424. The standard InChI is InChI=1S/C33H35FN4O6/c1-32(2,3)43-29(40)23-14-26(15-23)37(17-20-5-8-25(34)9-6-20)28(39)19-38-30(41)33(44-31(38)42)12-11-22-13-21(7-10-27(22)33)24-16-35-36(4)18-24/h5-10,13,16,18,23,26H,11-12,14-15,17,19H2,1-4H3/t23?,26?,33-/m1/s1. The van der Waals surface area contributed by atoms with E-state index in [4.69, 9.17) is 9.47 Å². The maximum absolute atomic E-state index is 13.8. The topological polar surface area (TPSA) is 111 Å². The van der Waals surface area contributed by atoms with E-state index in [1.54, 1.807) is 48.7 Å². The van der Waals surface area contributed by atoms with E-state index in [1.807, 2.05) is 31.4 Å². The molecule has 44 heavy (non-hydrogen) atoms. The molecule has 0 bridgehead atoms. The third-order valence-electron chi connectivity index (χ3n) is 8.57. The molecule has 11 heteroatoms. The Kier molecular flexibility index (Phi) is 7.30. The molecule has 3 amide bonds. The minimum Gasteiger partial charge on any atom is -0.460 e. The van der Waals surface area contributed by atoms with Gasteiger partial charge in [0.05, 0.1) is 12.1 Å². The molecule has 10 nitrogen and oxygen atoms in total. The van der Waals surface area contributed by atoms with Gasteiger partial charge in [-0.05, 0) is 68.9 Å². The molecule has 3 aliphatic rings. The summed E-state index contributed by atoms with van der Waals surface area (Å²) in [4.78, 5) is 55.8. The molecule has 3 aromatic rings. The first kappa shape index (κ1) is 29.5. The zero-order chi connectivity index (χ0) is 31.4. The first-order valence-electron chi connectivity index (χ1n) is 14.8. The number of amides is 3. The molecular formula is C33H35FN4O6. The Balaban J connectivity index is 1.19. The summed E-state index contributed by atoms with van der Waals surface area (Å²) in [6.07, 6.45) is 4.39. The van der Waals surface area contributed by atoms with E-state index in [-0.39, 0.29) is 30.9 Å². The number of esters is 1. The summed E-state index contributed by atoms with van der Waals surface area (Å²) in [7, 11) is 1.84. The van der Waals surface area contributed by atoms with Crippen LogP contribution in [-0.2, 0) is 49.5 Å². The Hall–Kier alpha value is -4.54. The van der Waals surface area contributed by atoms with Crippen LogP contribution in [0.5, 0.6) is 0 Å². The summed E-state index contributed by atoms with van der Waals surface area (Å²) in [6, 6.07) is 11.1. The number of carbonyl (C=O) groups excluding carboxylic acids is 4. The monoisotopic (exact) mass is 602 g/mol. The Morgan fingerprint density at radius 3 is 2.50 bits per heavy atom. The van der Waals surface area contributed by atoms with E-state index in [2.05, 4.69) is 5.10 Å². The van der Waals surface area contributed by atoms with Crippen molar-refractivity contribution in [2.24, 2.45) is 13.0 Å². The quantitative estimate of drug-likeness (QED) is 0.367. The van der Waals surface area contributed by atoms with Crippen LogP contribution in [0.3, 0.4) is 0 Å². The molecule has 1 saturated carbocycles. The second-order valence-corrected chi connectivity index (χ2v) is 12.9. The maximum atomic E-state index is 13.8. The van der Waals surface area contributed by atoms with Gasteiger partial charge in [0, 0.05) is 43.4 Å². The molecule has 1 atom stereocenters. The van der Waals surface area contributed by atoms with Gasteiger partial charge in [0.1, 0.15) is 18.0 Å². The highest BCUT2D eigenvalue weighted by Crippen LogP contribution is 2.46. The molecule has 0 unspecified atom stereocenters. The number of benzene rings is 2. The molecule has 0 N–H and O–H groups in total. The fourth-order valence-corrected chi connectivity index (χ4v) is 6.26. The average Bonchev–Trinajstić information content (AvgIpc) is 3.59. The molecule has 0 radical (unpaired) electrons. The molecule has 230 valence electrons. The Bertz CT molecular complexity index is 1640. The third kappa shape index (κ3) is 5.46. The molecule has 2 aliphatic carbocycles. The highest BCUT2D eigenvalue weighted by molar-refractivity contribution is 6.06. The van der Waals surface area contributed by atoms with Crippen LogP contribution in [0.4, 0.5) is 9.18 Å². The van der Waals surface area contributed by atoms with Crippen LogP contribution >= 0.6 is 0 Å². The van der Waals surface area contributed by atoms with Gasteiger partial charge < -0.3 is 14.4 Å². The second kappa shape index (κ2) is 10.9. The number of carbonyl (C=O) groups is 4. The molecule has 2 fully saturated rings. The number of halogens is 1. The summed E-state index contributed by atoms with van der Waals surface area (Å²) < 4.78 is 26.6. The number of fused-ring (bicyclic) bond motifs is 2. The predicted molar refractivity (Wildman–Crippen MR) is 156 cm³/mol. The lowest BCUT2D eigenvalue weighted by molar-refractivity contribution is -0.167. The van der Waals surface area contributed by atoms with E-state index >= 15 is 0 Å². The molecule has 6 rings (SSSR count). The predicted octanol–water partition coefficient (Wildman–Crippen LogP) is 4.50. The van der Waals surface area contributed by atoms with Gasteiger partial charge in [-0.25, -0.2) is 14.1 Å². The van der Waals surface area contributed by atoms with E-state index in [0.717, 1.165) is 21.6 Å². The first-order valence-corrected chi connectivity index (χ1v) is 14.8. The van der Waals surface area contributed by atoms with Crippen LogP contribution in [0.25, 0.3) is 11.1 Å². The third-order valence-corrected chi connectivity index (χ3v) is 8.57. The smallest absolute Gasteiger partial charge is 0.418 e. The molecule has 2 aromatic carbocycles. The van der Waals surface area contributed by atoms with Crippen molar-refractivity contribution in [1.82, 2.24) is 19.6 Å². The van der Waals surface area contributed by atoms with Crippen molar-refractivity contribution in [2.45, 2.75) is 70.2 Å². The number of hydrogen-bond acceptors (Lipinski definition) is 7. The Morgan fingerprint density at radius 1 is 1.11 bits per heavy atom. The highest BCUT2D eigenvalue weighted by Gasteiger charge is 2.58. The summed E-state index contributed by atoms with van der Waals surface area (Å²) in [5, 5.41) is 4.22. The van der Waals surface area contributed by atoms with E-state index in [1.165, 1.54) is 12.1 Å². The van der Waals surface area contributed by atoms with E-state index in [9.17, 15) is 23.6 Å². The molecule has 1 saturated heterocycles. The zero-order valence-corrected chi connectivity index (χ0v) is 25.2. The van der Waals surface area contributed by atoms with Crippen LogP contribution in [0, 0.1) is 11.7 Å². The van der Waals surface area contributed by atoms with Gasteiger partial charge >= 0.3 is 12.1 Å². The van der Waals surface area contributed by atoms with Gasteiger partial charge in [0.15, 0.2) is 0 Å². The van der Waals surface area contributed by atoms with Crippen molar-refractivity contribution >= 4 is 23.9 Å². The number of imide groups is 1. The number of aryl methyl sites for hydroxylation is 2. The van der Waals surface area contributed by atoms with Gasteiger partial charge in [-0.3, -0.25) is 19.1 Å². The summed E-state index contributed by atoms with van der Waals surface area (Å²) in [5.74, 6) is -2.12. The van der Waals surface area contributed by atoms with Gasteiger partial charge in [-0.2, -0.15) is 5.10 Å². The molecule has 2 heterocycles. The number of aromatic nitrogens is 2. The van der Waals surface area contributed by atoms with Crippen molar-refractivity contribution in [3.05, 3.63) is 77.4 Å². The highest BCUT2D eigenvalue weighted by atomic mass is 19.1. The summed E-state index contributed by atoms with van der Waals surface area (Å²) in [6.45, 7) is 5.02. The van der Waals surface area contributed by atoms with Crippen LogP contribution in [0.15, 0.2) is 54.9 Å². The van der Waals surface area contributed by atoms with Crippen LogP contribution < -0.4 is 0 Å². The van der Waals surface area contributed by atoms with Crippen LogP contribution in [0.2, 0.25) is 0 Å². The lowest BCUT2D eigenvalue weighted by atomic mass is 9.79.